The summed E-state index contributed by atoms with van der Waals surface area (Å²) in [5, 5.41) is 4.12. The number of aromatic amines is 1. The molecule has 1 saturated heterocycles. The third-order valence-electron chi connectivity index (χ3n) is 6.95. The SMILES string of the molecule is COc1ccc2[nH]c(=O)n(CCC3NCC4CCc5c(OC)cccc5C43)c(=O)c2c1.Cl. The van der Waals surface area contributed by atoms with Crippen LogP contribution in [0.4, 0.5) is 0 Å². The number of aromatic nitrogens is 2. The Bertz CT molecular complexity index is 1250. The first-order chi connectivity index (χ1) is 15.1. The Hall–Kier alpha value is -2.77. The molecule has 3 aromatic rings. The topological polar surface area (TPSA) is 85.3 Å². The van der Waals surface area contributed by atoms with Crippen LogP contribution in [0.15, 0.2) is 46.0 Å². The van der Waals surface area contributed by atoms with Crippen molar-refractivity contribution < 1.29 is 9.47 Å². The third kappa shape index (κ3) is 3.69. The van der Waals surface area contributed by atoms with Crippen molar-refractivity contribution in [3.8, 4) is 11.5 Å². The average Bonchev–Trinajstić information content (AvgIpc) is 3.22. The number of fused-ring (bicyclic) bond motifs is 4. The molecule has 7 nitrogen and oxygen atoms in total. The summed E-state index contributed by atoms with van der Waals surface area (Å²) < 4.78 is 12.1. The number of methoxy groups -OCH3 is 2. The van der Waals surface area contributed by atoms with Crippen LogP contribution in [0.1, 0.15) is 29.9 Å². The van der Waals surface area contributed by atoms with Crippen LogP contribution in [-0.4, -0.2) is 36.4 Å². The van der Waals surface area contributed by atoms with Crippen molar-refractivity contribution in [2.24, 2.45) is 5.92 Å². The first-order valence-corrected chi connectivity index (χ1v) is 10.8. The van der Waals surface area contributed by atoms with E-state index in [4.69, 9.17) is 9.47 Å². The summed E-state index contributed by atoms with van der Waals surface area (Å²) in [6.07, 6.45) is 2.86. The van der Waals surface area contributed by atoms with Crippen LogP contribution < -0.4 is 26.0 Å². The molecule has 1 aromatic heterocycles. The monoisotopic (exact) mass is 457 g/mol. The number of ether oxygens (including phenoxy) is 2. The third-order valence-corrected chi connectivity index (χ3v) is 6.95. The molecule has 2 aromatic carbocycles. The van der Waals surface area contributed by atoms with Gasteiger partial charge in [0.2, 0.25) is 0 Å². The minimum Gasteiger partial charge on any atom is -0.497 e. The molecule has 2 heterocycles. The summed E-state index contributed by atoms with van der Waals surface area (Å²) in [4.78, 5) is 28.5. The largest absolute Gasteiger partial charge is 0.497 e. The minimum absolute atomic E-state index is 0. The van der Waals surface area contributed by atoms with Gasteiger partial charge in [0.25, 0.3) is 5.56 Å². The van der Waals surface area contributed by atoms with Gasteiger partial charge in [0.15, 0.2) is 0 Å². The number of hydrogen-bond donors (Lipinski definition) is 2. The standard InChI is InChI=1S/C24H27N3O4.ClH/c1-30-15-7-9-19-18(12-15)23(28)27(24(29)26-19)11-10-20-22-14(13-25-20)6-8-16-17(22)4-3-5-21(16)31-2;/h3-5,7,9,12,14,20,22,25H,6,8,10-11,13H2,1-2H3,(H,26,29);1H. The second-order valence-corrected chi connectivity index (χ2v) is 8.45. The lowest BCUT2D eigenvalue weighted by molar-refractivity contribution is 0.371. The molecule has 5 rings (SSSR count). The molecule has 0 saturated carbocycles. The molecule has 1 aliphatic heterocycles. The highest BCUT2D eigenvalue weighted by atomic mass is 35.5. The normalized spacial score (nSPS) is 21.5. The van der Waals surface area contributed by atoms with Crippen LogP contribution in [0.2, 0.25) is 0 Å². The highest BCUT2D eigenvalue weighted by Gasteiger charge is 2.40. The van der Waals surface area contributed by atoms with Gasteiger partial charge in [-0.1, -0.05) is 12.1 Å². The van der Waals surface area contributed by atoms with E-state index in [1.165, 1.54) is 15.7 Å². The molecule has 2 aliphatic rings. The fourth-order valence-electron chi connectivity index (χ4n) is 5.43. The van der Waals surface area contributed by atoms with Crippen LogP contribution in [0.3, 0.4) is 0 Å². The molecule has 1 aliphatic carbocycles. The molecule has 1 fully saturated rings. The molecule has 32 heavy (non-hydrogen) atoms. The molecule has 3 unspecified atom stereocenters. The van der Waals surface area contributed by atoms with E-state index in [1.807, 2.05) is 6.07 Å². The molecule has 8 heteroatoms. The Balaban J connectivity index is 0.00000245. The molecule has 2 N–H and O–H groups in total. The maximum Gasteiger partial charge on any atom is 0.328 e. The van der Waals surface area contributed by atoms with E-state index in [0.29, 0.717) is 41.5 Å². The first-order valence-electron chi connectivity index (χ1n) is 10.8. The van der Waals surface area contributed by atoms with E-state index < -0.39 is 0 Å². The molecular weight excluding hydrogens is 430 g/mol. The second kappa shape index (κ2) is 9.00. The van der Waals surface area contributed by atoms with Crippen molar-refractivity contribution in [3.63, 3.8) is 0 Å². The van der Waals surface area contributed by atoms with E-state index in [2.05, 4.69) is 22.4 Å². The fourth-order valence-corrected chi connectivity index (χ4v) is 5.43. The number of rotatable bonds is 5. The van der Waals surface area contributed by atoms with Gasteiger partial charge in [-0.25, -0.2) is 4.79 Å². The zero-order chi connectivity index (χ0) is 21.5. The average molecular weight is 458 g/mol. The Morgan fingerprint density at radius 3 is 2.75 bits per heavy atom. The number of halogens is 1. The van der Waals surface area contributed by atoms with Gasteiger partial charge in [0.05, 0.1) is 25.1 Å². The summed E-state index contributed by atoms with van der Waals surface area (Å²) in [5.74, 6) is 2.49. The van der Waals surface area contributed by atoms with Crippen molar-refractivity contribution in [3.05, 3.63) is 68.4 Å². The highest BCUT2D eigenvalue weighted by Crippen LogP contribution is 2.45. The summed E-state index contributed by atoms with van der Waals surface area (Å²) in [6.45, 7) is 1.33. The lowest BCUT2D eigenvalue weighted by Crippen LogP contribution is -2.38. The van der Waals surface area contributed by atoms with Gasteiger partial charge in [0, 0.05) is 18.5 Å². The van der Waals surface area contributed by atoms with Gasteiger partial charge in [-0.05, 0) is 67.1 Å². The second-order valence-electron chi connectivity index (χ2n) is 8.45. The van der Waals surface area contributed by atoms with E-state index in [0.717, 1.165) is 25.1 Å². The zero-order valence-electron chi connectivity index (χ0n) is 18.2. The quantitative estimate of drug-likeness (QED) is 0.615. The van der Waals surface area contributed by atoms with Crippen molar-refractivity contribution in [1.29, 1.82) is 0 Å². The minimum atomic E-state index is -0.372. The van der Waals surface area contributed by atoms with Gasteiger partial charge in [-0.3, -0.25) is 9.36 Å². The number of benzene rings is 2. The molecule has 0 bridgehead atoms. The van der Waals surface area contributed by atoms with Crippen molar-refractivity contribution in [2.45, 2.75) is 37.8 Å². The van der Waals surface area contributed by atoms with Crippen LogP contribution in [0.5, 0.6) is 11.5 Å². The van der Waals surface area contributed by atoms with Crippen LogP contribution >= 0.6 is 12.4 Å². The van der Waals surface area contributed by atoms with Crippen LogP contribution in [0.25, 0.3) is 10.9 Å². The maximum absolute atomic E-state index is 13.0. The van der Waals surface area contributed by atoms with E-state index >= 15 is 0 Å². The fraction of sp³-hybridized carbons (Fsp3) is 0.417. The number of nitrogens with zero attached hydrogens (tertiary/aromatic N) is 1. The van der Waals surface area contributed by atoms with Gasteiger partial charge in [-0.15, -0.1) is 12.4 Å². The maximum atomic E-state index is 13.0. The van der Waals surface area contributed by atoms with Crippen molar-refractivity contribution in [1.82, 2.24) is 14.9 Å². The summed E-state index contributed by atoms with van der Waals surface area (Å²) >= 11 is 0. The van der Waals surface area contributed by atoms with Crippen molar-refractivity contribution >= 4 is 23.3 Å². The number of nitrogens with one attached hydrogen (secondary N) is 2. The van der Waals surface area contributed by atoms with E-state index in [1.54, 1.807) is 32.4 Å². The smallest absolute Gasteiger partial charge is 0.328 e. The molecule has 0 radical (unpaired) electrons. The van der Waals surface area contributed by atoms with Gasteiger partial charge < -0.3 is 19.8 Å². The molecule has 170 valence electrons. The zero-order valence-corrected chi connectivity index (χ0v) is 19.0. The predicted octanol–water partition coefficient (Wildman–Crippen LogP) is 2.84. The predicted molar refractivity (Wildman–Crippen MR) is 127 cm³/mol. The van der Waals surface area contributed by atoms with E-state index in [-0.39, 0.29) is 29.7 Å². The van der Waals surface area contributed by atoms with E-state index in [9.17, 15) is 9.59 Å². The Morgan fingerprint density at radius 2 is 1.97 bits per heavy atom. The molecule has 0 spiro atoms. The molecule has 0 amide bonds. The number of H-pyrrole nitrogens is 1. The Morgan fingerprint density at radius 1 is 1.12 bits per heavy atom. The lowest BCUT2D eigenvalue weighted by Gasteiger charge is -2.32. The van der Waals surface area contributed by atoms with Gasteiger partial charge in [0.1, 0.15) is 11.5 Å². The molecule has 3 atom stereocenters. The summed E-state index contributed by atoms with van der Waals surface area (Å²) in [7, 11) is 3.28. The Kier molecular flexibility index (Phi) is 6.31. The van der Waals surface area contributed by atoms with Crippen molar-refractivity contribution in [2.75, 3.05) is 20.8 Å². The van der Waals surface area contributed by atoms with Gasteiger partial charge in [-0.2, -0.15) is 0 Å². The summed E-state index contributed by atoms with van der Waals surface area (Å²) in [5.41, 5.74) is 2.52. The highest BCUT2D eigenvalue weighted by molar-refractivity contribution is 5.85. The summed E-state index contributed by atoms with van der Waals surface area (Å²) in [6, 6.07) is 11.6. The van der Waals surface area contributed by atoms with Crippen LogP contribution in [0, 0.1) is 5.92 Å². The lowest BCUT2D eigenvalue weighted by atomic mass is 9.73. The molecular formula is C24H28ClN3O4. The first kappa shape index (κ1) is 22.4. The number of hydrogen-bond acceptors (Lipinski definition) is 5. The van der Waals surface area contributed by atoms with Gasteiger partial charge >= 0.3 is 5.69 Å². The Labute approximate surface area is 192 Å². The van der Waals surface area contributed by atoms with Crippen LogP contribution in [-0.2, 0) is 13.0 Å².